The summed E-state index contributed by atoms with van der Waals surface area (Å²) < 4.78 is 5.00. The Kier molecular flexibility index (Phi) is 4.27. The fraction of sp³-hybridized carbons (Fsp3) is 0.467. The van der Waals surface area contributed by atoms with Crippen LogP contribution in [0.1, 0.15) is 40.7 Å². The quantitative estimate of drug-likeness (QED) is 0.862. The molecule has 0 aromatic heterocycles. The van der Waals surface area contributed by atoms with Crippen molar-refractivity contribution < 1.29 is 19.4 Å². The first-order chi connectivity index (χ1) is 9.52. The van der Waals surface area contributed by atoms with Gasteiger partial charge in [-0.25, -0.2) is 9.59 Å². The van der Waals surface area contributed by atoms with Gasteiger partial charge in [-0.2, -0.15) is 0 Å². The average Bonchev–Trinajstić information content (AvgIpc) is 2.89. The molecule has 1 amide bonds. The predicted molar refractivity (Wildman–Crippen MR) is 74.1 cm³/mol. The summed E-state index contributed by atoms with van der Waals surface area (Å²) in [5.41, 5.74) is 2.65. The fourth-order valence-electron chi connectivity index (χ4n) is 2.61. The number of ether oxygens (including phenoxy) is 1. The molecule has 5 nitrogen and oxygen atoms in total. The van der Waals surface area contributed by atoms with Crippen molar-refractivity contribution in [3.8, 4) is 0 Å². The van der Waals surface area contributed by atoms with E-state index in [4.69, 9.17) is 9.84 Å². The van der Waals surface area contributed by atoms with Crippen molar-refractivity contribution in [2.75, 3.05) is 19.7 Å². The number of esters is 1. The number of hydrogen-bond acceptors (Lipinski definition) is 3. The number of aryl methyl sites for hydroxylation is 1. The van der Waals surface area contributed by atoms with E-state index in [9.17, 15) is 9.59 Å². The molecule has 1 fully saturated rings. The van der Waals surface area contributed by atoms with Crippen molar-refractivity contribution in [3.63, 3.8) is 0 Å². The van der Waals surface area contributed by atoms with Crippen molar-refractivity contribution in [3.05, 3.63) is 34.9 Å². The van der Waals surface area contributed by atoms with Crippen molar-refractivity contribution in [1.29, 1.82) is 0 Å². The van der Waals surface area contributed by atoms with Crippen LogP contribution in [0.4, 0.5) is 4.79 Å². The van der Waals surface area contributed by atoms with Crippen LogP contribution in [0.2, 0.25) is 0 Å². The van der Waals surface area contributed by atoms with Gasteiger partial charge >= 0.3 is 12.1 Å². The predicted octanol–water partition coefficient (Wildman–Crippen LogP) is 2.64. The second-order valence-corrected chi connectivity index (χ2v) is 5.01. The molecule has 0 unspecified atom stereocenters. The molecule has 0 spiro atoms. The molecule has 1 heterocycles. The first kappa shape index (κ1) is 14.4. The second-order valence-electron chi connectivity index (χ2n) is 5.01. The highest BCUT2D eigenvalue weighted by Gasteiger charge is 2.28. The summed E-state index contributed by atoms with van der Waals surface area (Å²) in [6.45, 7) is 5.13. The van der Waals surface area contributed by atoms with Crippen LogP contribution in [-0.4, -0.2) is 41.8 Å². The summed E-state index contributed by atoms with van der Waals surface area (Å²) >= 11 is 0. The van der Waals surface area contributed by atoms with Gasteiger partial charge in [0.15, 0.2) is 0 Å². The van der Waals surface area contributed by atoms with E-state index in [-0.39, 0.29) is 11.9 Å². The summed E-state index contributed by atoms with van der Waals surface area (Å²) in [6, 6.07) is 5.48. The lowest BCUT2D eigenvalue weighted by Crippen LogP contribution is -2.26. The number of carbonyl (C=O) groups excluding carboxylic acids is 1. The zero-order valence-corrected chi connectivity index (χ0v) is 11.8. The van der Waals surface area contributed by atoms with Gasteiger partial charge in [0, 0.05) is 19.0 Å². The van der Waals surface area contributed by atoms with Crippen molar-refractivity contribution >= 4 is 12.1 Å². The molecule has 1 aromatic rings. The average molecular weight is 277 g/mol. The third kappa shape index (κ3) is 2.92. The fourth-order valence-corrected chi connectivity index (χ4v) is 2.61. The smallest absolute Gasteiger partial charge is 0.407 e. The lowest BCUT2D eigenvalue weighted by atomic mass is 9.92. The third-order valence-corrected chi connectivity index (χ3v) is 3.69. The van der Waals surface area contributed by atoms with Crippen LogP contribution < -0.4 is 0 Å². The lowest BCUT2D eigenvalue weighted by Gasteiger charge is -2.15. The SMILES string of the molecule is CCOC(=O)c1ccc(C)c([C@@H]2CCN(C(=O)O)C2)c1. The molecule has 0 aliphatic carbocycles. The van der Waals surface area contributed by atoms with E-state index >= 15 is 0 Å². The van der Waals surface area contributed by atoms with E-state index in [1.807, 2.05) is 19.1 Å². The first-order valence-corrected chi connectivity index (χ1v) is 6.78. The molecule has 108 valence electrons. The van der Waals surface area contributed by atoms with Gasteiger partial charge in [0.05, 0.1) is 12.2 Å². The van der Waals surface area contributed by atoms with Gasteiger partial charge in [-0.1, -0.05) is 6.07 Å². The van der Waals surface area contributed by atoms with Gasteiger partial charge in [0.25, 0.3) is 0 Å². The van der Waals surface area contributed by atoms with E-state index in [1.165, 1.54) is 4.90 Å². The van der Waals surface area contributed by atoms with Gasteiger partial charge in [-0.15, -0.1) is 0 Å². The molecule has 0 bridgehead atoms. The maximum absolute atomic E-state index is 11.8. The van der Waals surface area contributed by atoms with Crippen LogP contribution in [0.25, 0.3) is 0 Å². The molecule has 1 saturated heterocycles. The van der Waals surface area contributed by atoms with Crippen LogP contribution in [0, 0.1) is 6.92 Å². The minimum Gasteiger partial charge on any atom is -0.465 e. The van der Waals surface area contributed by atoms with Gasteiger partial charge in [-0.05, 0) is 43.5 Å². The zero-order valence-electron chi connectivity index (χ0n) is 11.8. The van der Waals surface area contributed by atoms with Gasteiger partial charge in [-0.3, -0.25) is 0 Å². The largest absolute Gasteiger partial charge is 0.465 e. The third-order valence-electron chi connectivity index (χ3n) is 3.69. The maximum Gasteiger partial charge on any atom is 0.407 e. The second kappa shape index (κ2) is 5.94. The van der Waals surface area contributed by atoms with Crippen LogP contribution in [-0.2, 0) is 4.74 Å². The van der Waals surface area contributed by atoms with Gasteiger partial charge in [0.1, 0.15) is 0 Å². The molecule has 1 atom stereocenters. The number of carboxylic acid groups (broad SMARTS) is 1. The minimum atomic E-state index is -0.883. The Morgan fingerprint density at radius 2 is 2.20 bits per heavy atom. The summed E-state index contributed by atoms with van der Waals surface area (Å²) in [4.78, 5) is 24.2. The normalized spacial score (nSPS) is 18.1. The first-order valence-electron chi connectivity index (χ1n) is 6.78. The number of benzene rings is 1. The van der Waals surface area contributed by atoms with E-state index in [2.05, 4.69) is 0 Å². The number of carbonyl (C=O) groups is 2. The monoisotopic (exact) mass is 277 g/mol. The minimum absolute atomic E-state index is 0.153. The zero-order chi connectivity index (χ0) is 14.7. The van der Waals surface area contributed by atoms with E-state index in [1.54, 1.807) is 13.0 Å². The Labute approximate surface area is 118 Å². The number of nitrogens with zero attached hydrogens (tertiary/aromatic N) is 1. The number of likely N-dealkylation sites (tertiary alicyclic amines) is 1. The number of amides is 1. The molecular formula is C15H19NO4. The molecule has 0 saturated carbocycles. The Balaban J connectivity index is 2.21. The van der Waals surface area contributed by atoms with E-state index < -0.39 is 6.09 Å². The highest BCUT2D eigenvalue weighted by Crippen LogP contribution is 2.30. The molecule has 0 radical (unpaired) electrons. The van der Waals surface area contributed by atoms with Crippen LogP contribution in [0.3, 0.4) is 0 Å². The summed E-state index contributed by atoms with van der Waals surface area (Å²) in [6.07, 6.45) is -0.0916. The summed E-state index contributed by atoms with van der Waals surface area (Å²) in [7, 11) is 0. The highest BCUT2D eigenvalue weighted by molar-refractivity contribution is 5.89. The standard InChI is InChI=1S/C15H19NO4/c1-3-20-14(17)11-5-4-10(2)13(8-11)12-6-7-16(9-12)15(18)19/h4-5,8,12H,3,6-7,9H2,1-2H3,(H,18,19)/t12-/m1/s1. The Bertz CT molecular complexity index is 527. The van der Waals surface area contributed by atoms with Crippen LogP contribution in [0.15, 0.2) is 18.2 Å². The van der Waals surface area contributed by atoms with Crippen molar-refractivity contribution in [2.24, 2.45) is 0 Å². The van der Waals surface area contributed by atoms with E-state index in [0.717, 1.165) is 17.5 Å². The topological polar surface area (TPSA) is 66.8 Å². The van der Waals surface area contributed by atoms with Crippen molar-refractivity contribution in [1.82, 2.24) is 4.90 Å². The Morgan fingerprint density at radius 1 is 1.45 bits per heavy atom. The molecule has 1 aliphatic rings. The summed E-state index contributed by atoms with van der Waals surface area (Å²) in [5, 5.41) is 9.01. The van der Waals surface area contributed by atoms with Gasteiger partial charge in [0.2, 0.25) is 0 Å². The molecule has 1 aliphatic heterocycles. The molecule has 5 heteroatoms. The Hall–Kier alpha value is -2.04. The number of hydrogen-bond donors (Lipinski definition) is 1. The molecule has 20 heavy (non-hydrogen) atoms. The molecule has 1 N–H and O–H groups in total. The van der Waals surface area contributed by atoms with Gasteiger partial charge < -0.3 is 14.7 Å². The number of rotatable bonds is 3. The Morgan fingerprint density at radius 3 is 2.80 bits per heavy atom. The van der Waals surface area contributed by atoms with Crippen LogP contribution >= 0.6 is 0 Å². The highest BCUT2D eigenvalue weighted by atomic mass is 16.5. The van der Waals surface area contributed by atoms with E-state index in [0.29, 0.717) is 25.3 Å². The lowest BCUT2D eigenvalue weighted by molar-refractivity contribution is 0.0526. The molecule has 2 rings (SSSR count). The maximum atomic E-state index is 11.8. The molecular weight excluding hydrogens is 258 g/mol. The molecule has 1 aromatic carbocycles. The summed E-state index contributed by atoms with van der Waals surface area (Å²) in [5.74, 6) is -0.178. The van der Waals surface area contributed by atoms with Crippen molar-refractivity contribution in [2.45, 2.75) is 26.2 Å². The van der Waals surface area contributed by atoms with Crippen LogP contribution in [0.5, 0.6) is 0 Å².